The molecule has 0 aromatic heterocycles. The molecule has 0 saturated carbocycles. The molecule has 1 unspecified atom stereocenters. The predicted octanol–water partition coefficient (Wildman–Crippen LogP) is 1.80. The standard InChI is InChI=1S/C17H23FN2O2/c1-12(13-10-19-11-13)16(21)20-17(5-7-22-8-6-17)14-3-2-4-15(18)9-14/h2-4,9,12-13,19H,5-8,10-11H2,1H3,(H,20,21). The van der Waals surface area contributed by atoms with E-state index in [4.69, 9.17) is 4.74 Å². The number of hydrogen-bond acceptors (Lipinski definition) is 3. The Balaban J connectivity index is 1.81. The van der Waals surface area contributed by atoms with Gasteiger partial charge in [0, 0.05) is 19.1 Å². The molecule has 2 aliphatic heterocycles. The zero-order valence-electron chi connectivity index (χ0n) is 12.9. The molecule has 2 heterocycles. The van der Waals surface area contributed by atoms with E-state index in [1.165, 1.54) is 12.1 Å². The molecule has 1 atom stereocenters. The molecule has 2 aliphatic rings. The second-order valence-corrected chi connectivity index (χ2v) is 6.40. The molecule has 1 amide bonds. The zero-order chi connectivity index (χ0) is 15.6. The minimum Gasteiger partial charge on any atom is -0.381 e. The summed E-state index contributed by atoms with van der Waals surface area (Å²) in [5, 5.41) is 6.41. The second-order valence-electron chi connectivity index (χ2n) is 6.40. The molecule has 4 nitrogen and oxygen atoms in total. The maximum Gasteiger partial charge on any atom is 0.223 e. The highest BCUT2D eigenvalue weighted by Crippen LogP contribution is 2.33. The van der Waals surface area contributed by atoms with Gasteiger partial charge in [0.05, 0.1) is 5.54 Å². The number of carbonyl (C=O) groups excluding carboxylic acids is 1. The Bertz CT molecular complexity index is 539. The minimum absolute atomic E-state index is 0.0328. The molecule has 2 fully saturated rings. The summed E-state index contributed by atoms with van der Waals surface area (Å²) in [5.41, 5.74) is 0.325. The molecule has 120 valence electrons. The third kappa shape index (κ3) is 3.01. The van der Waals surface area contributed by atoms with E-state index in [2.05, 4.69) is 10.6 Å². The topological polar surface area (TPSA) is 50.4 Å². The molecule has 3 rings (SSSR count). The van der Waals surface area contributed by atoms with Crippen molar-refractivity contribution in [3.8, 4) is 0 Å². The van der Waals surface area contributed by atoms with Crippen molar-refractivity contribution in [3.63, 3.8) is 0 Å². The Morgan fingerprint density at radius 1 is 1.41 bits per heavy atom. The van der Waals surface area contributed by atoms with Crippen molar-refractivity contribution < 1.29 is 13.9 Å². The monoisotopic (exact) mass is 306 g/mol. The van der Waals surface area contributed by atoms with E-state index in [1.54, 1.807) is 6.07 Å². The smallest absolute Gasteiger partial charge is 0.223 e. The SMILES string of the molecule is CC(C(=O)NC1(c2cccc(F)c2)CCOCC1)C1CNC1. The van der Waals surface area contributed by atoms with Crippen LogP contribution >= 0.6 is 0 Å². The van der Waals surface area contributed by atoms with Crippen molar-refractivity contribution >= 4 is 5.91 Å². The van der Waals surface area contributed by atoms with Crippen LogP contribution in [0, 0.1) is 17.7 Å². The fourth-order valence-electron chi connectivity index (χ4n) is 3.22. The van der Waals surface area contributed by atoms with Crippen LogP contribution in [0.2, 0.25) is 0 Å². The fourth-order valence-corrected chi connectivity index (χ4v) is 3.22. The van der Waals surface area contributed by atoms with E-state index < -0.39 is 5.54 Å². The molecule has 1 aromatic carbocycles. The fraction of sp³-hybridized carbons (Fsp3) is 0.588. The van der Waals surface area contributed by atoms with Crippen LogP contribution in [0.25, 0.3) is 0 Å². The molecule has 0 bridgehead atoms. The van der Waals surface area contributed by atoms with Gasteiger partial charge in [-0.1, -0.05) is 19.1 Å². The number of amides is 1. The van der Waals surface area contributed by atoms with Gasteiger partial charge in [0.1, 0.15) is 5.82 Å². The van der Waals surface area contributed by atoms with Crippen molar-refractivity contribution in [3.05, 3.63) is 35.6 Å². The van der Waals surface area contributed by atoms with Gasteiger partial charge in [-0.25, -0.2) is 4.39 Å². The van der Waals surface area contributed by atoms with E-state index in [9.17, 15) is 9.18 Å². The summed E-state index contributed by atoms with van der Waals surface area (Å²) in [5.74, 6) is 0.144. The van der Waals surface area contributed by atoms with Gasteiger partial charge in [-0.15, -0.1) is 0 Å². The van der Waals surface area contributed by atoms with Crippen LogP contribution < -0.4 is 10.6 Å². The molecule has 0 aliphatic carbocycles. The lowest BCUT2D eigenvalue weighted by Gasteiger charge is -2.41. The molecule has 0 radical (unpaired) electrons. The van der Waals surface area contributed by atoms with E-state index >= 15 is 0 Å². The molecule has 22 heavy (non-hydrogen) atoms. The quantitative estimate of drug-likeness (QED) is 0.892. The van der Waals surface area contributed by atoms with Gasteiger partial charge >= 0.3 is 0 Å². The van der Waals surface area contributed by atoms with Crippen LogP contribution in [-0.2, 0) is 15.1 Å². The van der Waals surface area contributed by atoms with E-state index in [0.29, 0.717) is 32.0 Å². The van der Waals surface area contributed by atoms with Gasteiger partial charge < -0.3 is 15.4 Å². The average Bonchev–Trinajstić information content (AvgIpc) is 2.46. The normalized spacial score (nSPS) is 22.6. The van der Waals surface area contributed by atoms with Gasteiger partial charge in [-0.05, 0) is 49.5 Å². The van der Waals surface area contributed by atoms with Gasteiger partial charge in [-0.2, -0.15) is 0 Å². The predicted molar refractivity (Wildman–Crippen MR) is 81.8 cm³/mol. The summed E-state index contributed by atoms with van der Waals surface area (Å²) in [6, 6.07) is 6.56. The average molecular weight is 306 g/mol. The van der Waals surface area contributed by atoms with Crippen LogP contribution in [0.1, 0.15) is 25.3 Å². The summed E-state index contributed by atoms with van der Waals surface area (Å²) in [6.07, 6.45) is 1.36. The highest BCUT2D eigenvalue weighted by atomic mass is 19.1. The summed E-state index contributed by atoms with van der Waals surface area (Å²) in [4.78, 5) is 12.6. The van der Waals surface area contributed by atoms with Gasteiger partial charge in [0.25, 0.3) is 0 Å². The van der Waals surface area contributed by atoms with Crippen LogP contribution in [-0.4, -0.2) is 32.2 Å². The number of benzene rings is 1. The Kier molecular flexibility index (Phi) is 4.45. The largest absolute Gasteiger partial charge is 0.381 e. The summed E-state index contributed by atoms with van der Waals surface area (Å²) in [6.45, 7) is 4.92. The number of rotatable bonds is 4. The van der Waals surface area contributed by atoms with Crippen molar-refractivity contribution in [1.29, 1.82) is 0 Å². The van der Waals surface area contributed by atoms with E-state index in [0.717, 1.165) is 18.7 Å². The highest BCUT2D eigenvalue weighted by molar-refractivity contribution is 5.80. The lowest BCUT2D eigenvalue weighted by Crippen LogP contribution is -2.55. The molecule has 5 heteroatoms. The Morgan fingerprint density at radius 2 is 2.14 bits per heavy atom. The van der Waals surface area contributed by atoms with Crippen molar-refractivity contribution in [1.82, 2.24) is 10.6 Å². The zero-order valence-corrected chi connectivity index (χ0v) is 12.9. The van der Waals surface area contributed by atoms with Crippen LogP contribution in [0.4, 0.5) is 4.39 Å². The third-order valence-electron chi connectivity index (χ3n) is 5.02. The third-order valence-corrected chi connectivity index (χ3v) is 5.02. The maximum absolute atomic E-state index is 13.6. The number of halogens is 1. The Hall–Kier alpha value is -1.46. The molecular weight excluding hydrogens is 283 g/mol. The van der Waals surface area contributed by atoms with Gasteiger partial charge in [-0.3, -0.25) is 4.79 Å². The Labute approximate surface area is 130 Å². The van der Waals surface area contributed by atoms with Crippen molar-refractivity contribution in [2.45, 2.75) is 25.3 Å². The van der Waals surface area contributed by atoms with Crippen molar-refractivity contribution in [2.75, 3.05) is 26.3 Å². The Morgan fingerprint density at radius 3 is 2.73 bits per heavy atom. The molecular formula is C17H23FN2O2. The van der Waals surface area contributed by atoms with E-state index in [-0.39, 0.29) is 17.6 Å². The summed E-state index contributed by atoms with van der Waals surface area (Å²) in [7, 11) is 0. The van der Waals surface area contributed by atoms with Crippen molar-refractivity contribution in [2.24, 2.45) is 11.8 Å². The first-order valence-corrected chi connectivity index (χ1v) is 7.97. The number of hydrogen-bond donors (Lipinski definition) is 2. The first kappa shape index (κ1) is 15.4. The molecule has 1 aromatic rings. The van der Waals surface area contributed by atoms with Crippen LogP contribution in [0.15, 0.2) is 24.3 Å². The number of carbonyl (C=O) groups is 1. The number of ether oxygens (including phenoxy) is 1. The number of nitrogens with one attached hydrogen (secondary N) is 2. The van der Waals surface area contributed by atoms with Crippen LogP contribution in [0.5, 0.6) is 0 Å². The first-order chi connectivity index (χ1) is 10.6. The first-order valence-electron chi connectivity index (χ1n) is 7.97. The van der Waals surface area contributed by atoms with Gasteiger partial charge in [0.15, 0.2) is 0 Å². The maximum atomic E-state index is 13.6. The lowest BCUT2D eigenvalue weighted by molar-refractivity contribution is -0.130. The lowest BCUT2D eigenvalue weighted by atomic mass is 9.81. The highest BCUT2D eigenvalue weighted by Gasteiger charge is 2.39. The molecule has 0 spiro atoms. The van der Waals surface area contributed by atoms with Crippen LogP contribution in [0.3, 0.4) is 0 Å². The summed E-state index contributed by atoms with van der Waals surface area (Å²) < 4.78 is 19.1. The summed E-state index contributed by atoms with van der Waals surface area (Å²) >= 11 is 0. The minimum atomic E-state index is -0.511. The molecule has 2 N–H and O–H groups in total. The van der Waals surface area contributed by atoms with E-state index in [1.807, 2.05) is 13.0 Å². The van der Waals surface area contributed by atoms with Gasteiger partial charge in [0.2, 0.25) is 5.91 Å². The molecule has 2 saturated heterocycles. The second kappa shape index (κ2) is 6.34.